The van der Waals surface area contributed by atoms with Crippen LogP contribution < -0.4 is 11.3 Å². The highest BCUT2D eigenvalue weighted by molar-refractivity contribution is 5.75. The number of nitrogens with one attached hydrogen (secondary N) is 1. The molecule has 1 amide bonds. The lowest BCUT2D eigenvalue weighted by Crippen LogP contribution is -2.55. The number of amides is 1. The molecule has 5 heteroatoms. The Morgan fingerprint density at radius 2 is 2.19 bits per heavy atom. The molecule has 0 radical (unpaired) electrons. The fourth-order valence-corrected chi connectivity index (χ4v) is 2.76. The molecule has 0 aromatic carbocycles. The van der Waals surface area contributed by atoms with Gasteiger partial charge in [0.15, 0.2) is 0 Å². The second-order valence-electron chi connectivity index (χ2n) is 4.80. The lowest BCUT2D eigenvalue weighted by Gasteiger charge is -2.44. The molecule has 2 rings (SSSR count). The number of nitrogens with two attached hydrogens (primary N) is 1. The van der Waals surface area contributed by atoms with Crippen molar-refractivity contribution in [3.05, 3.63) is 0 Å². The van der Waals surface area contributed by atoms with Crippen molar-refractivity contribution in [1.29, 1.82) is 0 Å². The molecule has 0 aliphatic carbocycles. The Bertz CT molecular complexity index is 246. The maximum Gasteiger partial charge on any atom is 0.235 e. The number of fused-ring (bicyclic) bond motifs is 1. The molecule has 0 saturated carbocycles. The Labute approximate surface area is 96.9 Å². The zero-order valence-electron chi connectivity index (χ0n) is 9.82. The van der Waals surface area contributed by atoms with Gasteiger partial charge >= 0.3 is 0 Å². The summed E-state index contributed by atoms with van der Waals surface area (Å²) in [5.74, 6) is 5.00. The summed E-state index contributed by atoms with van der Waals surface area (Å²) < 4.78 is 0. The van der Waals surface area contributed by atoms with Gasteiger partial charge in [-0.1, -0.05) is 6.42 Å². The third-order valence-electron chi connectivity index (χ3n) is 3.74. The summed E-state index contributed by atoms with van der Waals surface area (Å²) in [4.78, 5) is 16.1. The molecule has 2 fully saturated rings. The van der Waals surface area contributed by atoms with E-state index in [1.807, 2.05) is 0 Å². The standard InChI is InChI=1S/C11H22N4O/c12-13-11(16)4-6-14-7-8-15-5-2-1-3-10(15)9-14/h10H,1-9,12H2,(H,13,16). The lowest BCUT2D eigenvalue weighted by atomic mass is 9.99. The summed E-state index contributed by atoms with van der Waals surface area (Å²) in [5.41, 5.74) is 2.18. The Balaban J connectivity index is 1.74. The first-order valence-corrected chi connectivity index (χ1v) is 6.25. The Kier molecular flexibility index (Phi) is 4.15. The zero-order valence-corrected chi connectivity index (χ0v) is 9.82. The molecule has 5 nitrogen and oxygen atoms in total. The molecular weight excluding hydrogens is 204 g/mol. The van der Waals surface area contributed by atoms with E-state index < -0.39 is 0 Å². The third kappa shape index (κ3) is 2.93. The van der Waals surface area contributed by atoms with Crippen molar-refractivity contribution in [2.45, 2.75) is 31.7 Å². The van der Waals surface area contributed by atoms with Crippen LogP contribution >= 0.6 is 0 Å². The average molecular weight is 226 g/mol. The molecular formula is C11H22N4O. The van der Waals surface area contributed by atoms with E-state index in [9.17, 15) is 4.79 Å². The normalized spacial score (nSPS) is 27.4. The van der Waals surface area contributed by atoms with Crippen molar-refractivity contribution in [3.63, 3.8) is 0 Å². The maximum absolute atomic E-state index is 11.1. The highest BCUT2D eigenvalue weighted by atomic mass is 16.2. The summed E-state index contributed by atoms with van der Waals surface area (Å²) >= 11 is 0. The van der Waals surface area contributed by atoms with Crippen LogP contribution in [0.2, 0.25) is 0 Å². The minimum absolute atomic E-state index is 0.0638. The fraction of sp³-hybridized carbons (Fsp3) is 0.909. The first-order valence-electron chi connectivity index (χ1n) is 6.25. The molecule has 2 saturated heterocycles. The van der Waals surface area contributed by atoms with Crippen LogP contribution in [0.3, 0.4) is 0 Å². The van der Waals surface area contributed by atoms with E-state index >= 15 is 0 Å². The van der Waals surface area contributed by atoms with Crippen LogP contribution in [0.5, 0.6) is 0 Å². The first kappa shape index (κ1) is 11.8. The van der Waals surface area contributed by atoms with Crippen molar-refractivity contribution >= 4 is 5.91 Å². The average Bonchev–Trinajstić information content (AvgIpc) is 2.35. The van der Waals surface area contributed by atoms with Crippen LogP contribution in [-0.2, 0) is 4.79 Å². The fourth-order valence-electron chi connectivity index (χ4n) is 2.76. The molecule has 0 spiro atoms. The largest absolute Gasteiger partial charge is 0.300 e. The molecule has 0 bridgehead atoms. The predicted octanol–water partition coefficient (Wildman–Crippen LogP) is -0.463. The van der Waals surface area contributed by atoms with Crippen LogP contribution in [0, 0.1) is 0 Å². The minimum atomic E-state index is -0.0638. The number of carbonyl (C=O) groups excluding carboxylic acids is 1. The summed E-state index contributed by atoms with van der Waals surface area (Å²) in [5, 5.41) is 0. The van der Waals surface area contributed by atoms with Gasteiger partial charge < -0.3 is 0 Å². The number of hydrazine groups is 1. The highest BCUT2D eigenvalue weighted by Gasteiger charge is 2.28. The van der Waals surface area contributed by atoms with Gasteiger partial charge in [-0.05, 0) is 19.4 Å². The van der Waals surface area contributed by atoms with Crippen molar-refractivity contribution in [1.82, 2.24) is 15.2 Å². The third-order valence-corrected chi connectivity index (χ3v) is 3.74. The summed E-state index contributed by atoms with van der Waals surface area (Å²) in [7, 11) is 0. The molecule has 92 valence electrons. The molecule has 1 unspecified atom stereocenters. The van der Waals surface area contributed by atoms with E-state index in [0.717, 1.165) is 32.2 Å². The van der Waals surface area contributed by atoms with Crippen LogP contribution in [0.1, 0.15) is 25.7 Å². The van der Waals surface area contributed by atoms with E-state index in [1.54, 1.807) is 0 Å². The van der Waals surface area contributed by atoms with E-state index in [0.29, 0.717) is 6.42 Å². The van der Waals surface area contributed by atoms with Crippen LogP contribution in [0.4, 0.5) is 0 Å². The van der Waals surface area contributed by atoms with Crippen LogP contribution in [-0.4, -0.2) is 54.5 Å². The summed E-state index contributed by atoms with van der Waals surface area (Å²) in [6.45, 7) is 5.48. The van der Waals surface area contributed by atoms with Crippen LogP contribution in [0.15, 0.2) is 0 Å². The summed E-state index contributed by atoms with van der Waals surface area (Å²) in [6, 6.07) is 0.725. The molecule has 2 aliphatic rings. The van der Waals surface area contributed by atoms with Crippen LogP contribution in [0.25, 0.3) is 0 Å². The number of hydrogen-bond donors (Lipinski definition) is 2. The molecule has 2 heterocycles. The number of piperidine rings is 1. The second kappa shape index (κ2) is 5.61. The van der Waals surface area contributed by atoms with Crippen molar-refractivity contribution < 1.29 is 4.79 Å². The molecule has 2 aliphatic heterocycles. The number of hydrogen-bond acceptors (Lipinski definition) is 4. The van der Waals surface area contributed by atoms with Crippen molar-refractivity contribution in [2.75, 3.05) is 32.7 Å². The molecule has 16 heavy (non-hydrogen) atoms. The predicted molar refractivity (Wildman–Crippen MR) is 62.6 cm³/mol. The lowest BCUT2D eigenvalue weighted by molar-refractivity contribution is -0.121. The van der Waals surface area contributed by atoms with Gasteiger partial charge in [-0.15, -0.1) is 0 Å². The van der Waals surface area contributed by atoms with Gasteiger partial charge in [0, 0.05) is 38.6 Å². The smallest absolute Gasteiger partial charge is 0.235 e. The van der Waals surface area contributed by atoms with Gasteiger partial charge in [-0.3, -0.25) is 20.0 Å². The first-order chi connectivity index (χ1) is 7.79. The van der Waals surface area contributed by atoms with Gasteiger partial charge in [0.25, 0.3) is 0 Å². The van der Waals surface area contributed by atoms with Gasteiger partial charge in [-0.25, -0.2) is 5.84 Å². The van der Waals surface area contributed by atoms with Gasteiger partial charge in [0.1, 0.15) is 0 Å². The molecule has 1 atom stereocenters. The quantitative estimate of drug-likeness (QED) is 0.388. The number of piperazine rings is 1. The molecule has 0 aromatic heterocycles. The van der Waals surface area contributed by atoms with Gasteiger partial charge in [-0.2, -0.15) is 0 Å². The number of nitrogens with zero attached hydrogens (tertiary/aromatic N) is 2. The highest BCUT2D eigenvalue weighted by Crippen LogP contribution is 2.20. The minimum Gasteiger partial charge on any atom is -0.300 e. The Hall–Kier alpha value is -0.650. The SMILES string of the molecule is NNC(=O)CCN1CCN2CCCCC2C1. The Morgan fingerprint density at radius 1 is 1.31 bits per heavy atom. The van der Waals surface area contributed by atoms with E-state index in [2.05, 4.69) is 15.2 Å². The van der Waals surface area contributed by atoms with E-state index in [1.165, 1.54) is 25.8 Å². The van der Waals surface area contributed by atoms with E-state index in [-0.39, 0.29) is 5.91 Å². The number of rotatable bonds is 3. The maximum atomic E-state index is 11.1. The Morgan fingerprint density at radius 3 is 3.00 bits per heavy atom. The van der Waals surface area contributed by atoms with Crippen molar-refractivity contribution in [2.24, 2.45) is 5.84 Å². The zero-order chi connectivity index (χ0) is 11.4. The summed E-state index contributed by atoms with van der Waals surface area (Å²) in [6.07, 6.45) is 4.55. The second-order valence-corrected chi connectivity index (χ2v) is 4.80. The number of carbonyl (C=O) groups is 1. The van der Waals surface area contributed by atoms with Crippen molar-refractivity contribution in [3.8, 4) is 0 Å². The monoisotopic (exact) mass is 226 g/mol. The van der Waals surface area contributed by atoms with Gasteiger partial charge in [0.2, 0.25) is 5.91 Å². The topological polar surface area (TPSA) is 61.6 Å². The van der Waals surface area contributed by atoms with Gasteiger partial charge in [0.05, 0.1) is 0 Å². The van der Waals surface area contributed by atoms with E-state index in [4.69, 9.17) is 5.84 Å². The molecule has 3 N–H and O–H groups in total. The molecule has 0 aromatic rings.